The molecular weight excluding hydrogens is 354 g/mol. The minimum atomic E-state index is -3.60. The number of halogens is 2. The Labute approximate surface area is 147 Å². The Bertz CT molecular complexity index is 685. The number of methoxy groups -OCH3 is 1. The Morgan fingerprint density at radius 2 is 2.08 bits per heavy atom. The number of hydrogen-bond donors (Lipinski definition) is 0. The van der Waals surface area contributed by atoms with Gasteiger partial charge in [-0.1, -0.05) is 13.0 Å². The first kappa shape index (κ1) is 19.9. The standard InChI is InChI=1S/C16H24F2N2O4S/c1-12-5-4-8-20(10-12)25(21,22)19(2)11-13-6-7-14(23-3)15(9-13)24-16(17)18/h6-7,9,12,16H,4-5,8,10-11H2,1-3H3/t12-/m1/s1. The summed E-state index contributed by atoms with van der Waals surface area (Å²) in [5.74, 6) is 0.371. The zero-order valence-electron chi connectivity index (χ0n) is 14.6. The van der Waals surface area contributed by atoms with Gasteiger partial charge in [0, 0.05) is 26.7 Å². The molecule has 0 amide bonds. The van der Waals surface area contributed by atoms with Crippen LogP contribution in [0.2, 0.25) is 0 Å². The van der Waals surface area contributed by atoms with Gasteiger partial charge in [0.2, 0.25) is 0 Å². The molecule has 0 spiro atoms. The molecule has 0 N–H and O–H groups in total. The molecule has 0 bridgehead atoms. The third-order valence-corrected chi connectivity index (χ3v) is 6.09. The van der Waals surface area contributed by atoms with Crippen molar-refractivity contribution in [2.75, 3.05) is 27.2 Å². The summed E-state index contributed by atoms with van der Waals surface area (Å²) < 4.78 is 62.5. The van der Waals surface area contributed by atoms with Crippen molar-refractivity contribution in [2.24, 2.45) is 5.92 Å². The van der Waals surface area contributed by atoms with Crippen LogP contribution in [0.5, 0.6) is 11.5 Å². The van der Waals surface area contributed by atoms with Crippen molar-refractivity contribution in [3.8, 4) is 11.5 Å². The molecular formula is C16H24F2N2O4S. The van der Waals surface area contributed by atoms with Gasteiger partial charge in [0.15, 0.2) is 11.5 Å². The van der Waals surface area contributed by atoms with Crippen LogP contribution in [0.1, 0.15) is 25.3 Å². The van der Waals surface area contributed by atoms with Crippen molar-refractivity contribution >= 4 is 10.2 Å². The molecule has 1 aromatic rings. The largest absolute Gasteiger partial charge is 0.493 e. The average molecular weight is 378 g/mol. The Morgan fingerprint density at radius 3 is 2.68 bits per heavy atom. The predicted molar refractivity (Wildman–Crippen MR) is 90.0 cm³/mol. The highest BCUT2D eigenvalue weighted by Crippen LogP contribution is 2.30. The molecule has 1 aromatic carbocycles. The van der Waals surface area contributed by atoms with E-state index in [9.17, 15) is 17.2 Å². The van der Waals surface area contributed by atoms with Crippen molar-refractivity contribution in [1.29, 1.82) is 0 Å². The zero-order chi connectivity index (χ0) is 18.6. The number of rotatable bonds is 7. The van der Waals surface area contributed by atoms with E-state index in [1.165, 1.54) is 34.9 Å². The first-order valence-corrected chi connectivity index (χ1v) is 9.47. The predicted octanol–water partition coefficient (Wildman–Crippen LogP) is 2.71. The maximum atomic E-state index is 12.7. The van der Waals surface area contributed by atoms with Gasteiger partial charge in [-0.15, -0.1) is 0 Å². The summed E-state index contributed by atoms with van der Waals surface area (Å²) in [5, 5.41) is 0. The number of benzene rings is 1. The van der Waals surface area contributed by atoms with Gasteiger partial charge >= 0.3 is 6.61 Å². The van der Waals surface area contributed by atoms with E-state index in [1.807, 2.05) is 6.92 Å². The van der Waals surface area contributed by atoms with Crippen LogP contribution in [0.4, 0.5) is 8.78 Å². The van der Waals surface area contributed by atoms with Gasteiger partial charge in [-0.05, 0) is 36.5 Å². The second-order valence-corrected chi connectivity index (χ2v) is 8.27. The van der Waals surface area contributed by atoms with Crippen LogP contribution in [-0.2, 0) is 16.8 Å². The number of nitrogens with zero attached hydrogens (tertiary/aromatic N) is 2. The summed E-state index contributed by atoms with van der Waals surface area (Å²) in [5.41, 5.74) is 0.535. The fourth-order valence-electron chi connectivity index (χ4n) is 2.90. The topological polar surface area (TPSA) is 59.1 Å². The van der Waals surface area contributed by atoms with E-state index in [-0.39, 0.29) is 18.0 Å². The summed E-state index contributed by atoms with van der Waals surface area (Å²) in [7, 11) is -0.771. The minimum absolute atomic E-state index is 0.0524. The molecule has 0 unspecified atom stereocenters. The second-order valence-electron chi connectivity index (χ2n) is 6.23. The Hall–Kier alpha value is -1.45. The molecule has 142 valence electrons. The molecule has 1 aliphatic rings. The smallest absolute Gasteiger partial charge is 0.387 e. The summed E-state index contributed by atoms with van der Waals surface area (Å²) in [4.78, 5) is 0. The van der Waals surface area contributed by atoms with Crippen molar-refractivity contribution in [2.45, 2.75) is 32.9 Å². The van der Waals surface area contributed by atoms with E-state index in [1.54, 1.807) is 6.07 Å². The van der Waals surface area contributed by atoms with Crippen LogP contribution in [0.15, 0.2) is 18.2 Å². The van der Waals surface area contributed by atoms with Crippen LogP contribution in [0, 0.1) is 5.92 Å². The van der Waals surface area contributed by atoms with Crippen LogP contribution in [0.25, 0.3) is 0 Å². The van der Waals surface area contributed by atoms with Crippen LogP contribution in [0.3, 0.4) is 0 Å². The summed E-state index contributed by atoms with van der Waals surface area (Å²) in [6.45, 7) is 0.0880. The first-order valence-electron chi connectivity index (χ1n) is 8.07. The van der Waals surface area contributed by atoms with Gasteiger partial charge in [0.05, 0.1) is 7.11 Å². The Kier molecular flexibility index (Phi) is 6.59. The molecule has 1 heterocycles. The first-order chi connectivity index (χ1) is 11.7. The van der Waals surface area contributed by atoms with Crippen LogP contribution < -0.4 is 9.47 Å². The molecule has 1 aliphatic heterocycles. The molecule has 0 radical (unpaired) electrons. The van der Waals surface area contributed by atoms with E-state index >= 15 is 0 Å². The third-order valence-electron chi connectivity index (χ3n) is 4.19. The van der Waals surface area contributed by atoms with Gasteiger partial charge in [-0.2, -0.15) is 25.8 Å². The third kappa shape index (κ3) is 5.02. The molecule has 2 rings (SSSR count). The normalized spacial score (nSPS) is 19.4. The lowest BCUT2D eigenvalue weighted by Gasteiger charge is -2.33. The van der Waals surface area contributed by atoms with Gasteiger partial charge in [0.25, 0.3) is 10.2 Å². The Balaban J connectivity index is 2.14. The lowest BCUT2D eigenvalue weighted by Crippen LogP contribution is -2.45. The SMILES string of the molecule is COc1ccc(CN(C)S(=O)(=O)N2CCC[C@@H](C)C2)cc1OC(F)F. The average Bonchev–Trinajstić information content (AvgIpc) is 2.54. The lowest BCUT2D eigenvalue weighted by molar-refractivity contribution is -0.0512. The molecule has 1 fully saturated rings. The molecule has 25 heavy (non-hydrogen) atoms. The van der Waals surface area contributed by atoms with Crippen LogP contribution in [-0.4, -0.2) is 50.9 Å². The van der Waals surface area contributed by atoms with E-state index in [0.29, 0.717) is 24.6 Å². The molecule has 1 atom stereocenters. The van der Waals surface area contributed by atoms with Crippen molar-refractivity contribution in [1.82, 2.24) is 8.61 Å². The molecule has 9 heteroatoms. The summed E-state index contributed by atoms with van der Waals surface area (Å²) in [6.07, 6.45) is 1.85. The van der Waals surface area contributed by atoms with Gasteiger partial charge in [-0.3, -0.25) is 0 Å². The number of alkyl halides is 2. The molecule has 6 nitrogen and oxygen atoms in total. The number of ether oxygens (including phenoxy) is 2. The fraction of sp³-hybridized carbons (Fsp3) is 0.625. The molecule has 1 saturated heterocycles. The van der Waals surface area contributed by atoms with E-state index in [0.717, 1.165) is 12.8 Å². The van der Waals surface area contributed by atoms with Crippen molar-refractivity contribution < 1.29 is 26.7 Å². The lowest BCUT2D eigenvalue weighted by atomic mass is 10.0. The van der Waals surface area contributed by atoms with Gasteiger partial charge in [-0.25, -0.2) is 0 Å². The second kappa shape index (κ2) is 8.29. The van der Waals surface area contributed by atoms with Crippen LogP contribution >= 0.6 is 0 Å². The molecule has 0 saturated carbocycles. The Morgan fingerprint density at radius 1 is 1.36 bits per heavy atom. The van der Waals surface area contributed by atoms with E-state index < -0.39 is 16.8 Å². The highest BCUT2D eigenvalue weighted by Gasteiger charge is 2.30. The monoisotopic (exact) mass is 378 g/mol. The van der Waals surface area contributed by atoms with Gasteiger partial charge in [0.1, 0.15) is 0 Å². The maximum Gasteiger partial charge on any atom is 0.387 e. The summed E-state index contributed by atoms with van der Waals surface area (Å²) >= 11 is 0. The molecule has 0 aliphatic carbocycles. The number of hydrogen-bond acceptors (Lipinski definition) is 4. The quantitative estimate of drug-likeness (QED) is 0.732. The van der Waals surface area contributed by atoms with E-state index in [4.69, 9.17) is 4.74 Å². The fourth-order valence-corrected chi connectivity index (χ4v) is 4.41. The van der Waals surface area contributed by atoms with Crippen molar-refractivity contribution in [3.05, 3.63) is 23.8 Å². The highest BCUT2D eigenvalue weighted by molar-refractivity contribution is 7.86. The number of piperidine rings is 1. The molecule has 0 aromatic heterocycles. The summed E-state index contributed by atoms with van der Waals surface area (Å²) in [6, 6.07) is 4.48. The van der Waals surface area contributed by atoms with E-state index in [2.05, 4.69) is 4.74 Å². The maximum absolute atomic E-state index is 12.7. The van der Waals surface area contributed by atoms with Crippen molar-refractivity contribution in [3.63, 3.8) is 0 Å². The zero-order valence-corrected chi connectivity index (χ0v) is 15.4. The highest BCUT2D eigenvalue weighted by atomic mass is 32.2. The minimum Gasteiger partial charge on any atom is -0.493 e. The van der Waals surface area contributed by atoms with Gasteiger partial charge < -0.3 is 9.47 Å².